The van der Waals surface area contributed by atoms with Crippen LogP contribution < -0.4 is 4.90 Å². The van der Waals surface area contributed by atoms with E-state index in [4.69, 9.17) is 21.6 Å². The maximum atomic E-state index is 13.2. The molecule has 7 heteroatoms. The number of anilines is 1. The van der Waals surface area contributed by atoms with Crippen molar-refractivity contribution in [3.05, 3.63) is 108 Å². The molecule has 6 rings (SSSR count). The molecule has 6 nitrogen and oxygen atoms in total. The van der Waals surface area contributed by atoms with Crippen LogP contribution in [0.1, 0.15) is 15.9 Å². The Morgan fingerprint density at radius 2 is 1.54 bits per heavy atom. The first-order valence-electron chi connectivity index (χ1n) is 12.4. The first kappa shape index (κ1) is 23.3. The summed E-state index contributed by atoms with van der Waals surface area (Å²) in [6.07, 6.45) is 3.75. The fourth-order valence-corrected chi connectivity index (χ4v) is 5.15. The Kier molecular flexibility index (Phi) is 6.10. The van der Waals surface area contributed by atoms with Gasteiger partial charge in [0.25, 0.3) is 5.91 Å². The summed E-state index contributed by atoms with van der Waals surface area (Å²) in [6.45, 7) is 4.65. The second-order valence-electron chi connectivity index (χ2n) is 9.25. The van der Waals surface area contributed by atoms with E-state index in [0.29, 0.717) is 31.2 Å². The van der Waals surface area contributed by atoms with Crippen molar-refractivity contribution in [1.82, 2.24) is 19.4 Å². The van der Waals surface area contributed by atoms with Crippen LogP contribution in [0.2, 0.25) is 5.02 Å². The molecule has 0 N–H and O–H groups in total. The van der Waals surface area contributed by atoms with Gasteiger partial charge in [-0.05, 0) is 48.4 Å². The van der Waals surface area contributed by atoms with Crippen LogP contribution in [0.3, 0.4) is 0 Å². The third-order valence-corrected chi connectivity index (χ3v) is 7.25. The molecule has 1 fully saturated rings. The second-order valence-corrected chi connectivity index (χ2v) is 9.68. The molecule has 184 valence electrons. The van der Waals surface area contributed by atoms with Crippen molar-refractivity contribution in [2.24, 2.45) is 0 Å². The molecule has 0 atom stereocenters. The van der Waals surface area contributed by atoms with Crippen LogP contribution in [-0.2, 0) is 0 Å². The molecule has 3 aromatic carbocycles. The average Bonchev–Trinajstić information content (AvgIpc) is 3.34. The van der Waals surface area contributed by atoms with Crippen molar-refractivity contribution in [2.45, 2.75) is 6.92 Å². The maximum Gasteiger partial charge on any atom is 0.254 e. The number of aryl methyl sites for hydroxylation is 1. The molecule has 1 aliphatic rings. The van der Waals surface area contributed by atoms with E-state index in [1.54, 1.807) is 6.33 Å². The molecule has 0 saturated carbocycles. The van der Waals surface area contributed by atoms with Crippen molar-refractivity contribution in [3.63, 3.8) is 0 Å². The topological polar surface area (TPSA) is 54.3 Å². The van der Waals surface area contributed by atoms with Gasteiger partial charge in [-0.1, -0.05) is 60.1 Å². The second kappa shape index (κ2) is 9.71. The van der Waals surface area contributed by atoms with Crippen LogP contribution >= 0.6 is 11.6 Å². The molecule has 2 aromatic heterocycles. The SMILES string of the molecule is Cc1ccccc1C(=O)N1CCN(c2ncnc3c2c(-c2ccccc2)cn3-c2ccc(Cl)cc2)CC1. The number of carbonyl (C=O) groups is 1. The van der Waals surface area contributed by atoms with Crippen LogP contribution in [0.25, 0.3) is 27.8 Å². The summed E-state index contributed by atoms with van der Waals surface area (Å²) in [5, 5.41) is 1.69. The predicted octanol–water partition coefficient (Wildman–Crippen LogP) is 6.01. The standard InChI is InChI=1S/C30H26ClN5O/c1-21-7-5-6-10-25(21)30(37)35-17-15-34(16-18-35)28-27-26(22-8-3-2-4-9-22)19-36(29(27)33-20-32-28)24-13-11-23(31)12-14-24/h2-14,19-20H,15-18H2,1H3. The van der Waals surface area contributed by atoms with E-state index in [9.17, 15) is 4.79 Å². The lowest BCUT2D eigenvalue weighted by Gasteiger charge is -2.36. The van der Waals surface area contributed by atoms with E-state index in [1.807, 2.05) is 78.6 Å². The van der Waals surface area contributed by atoms with Gasteiger partial charge in [-0.3, -0.25) is 4.79 Å². The fourth-order valence-electron chi connectivity index (χ4n) is 5.03. The van der Waals surface area contributed by atoms with Crippen molar-refractivity contribution in [1.29, 1.82) is 0 Å². The van der Waals surface area contributed by atoms with Gasteiger partial charge >= 0.3 is 0 Å². The molecule has 1 amide bonds. The maximum absolute atomic E-state index is 13.2. The number of amides is 1. The fraction of sp³-hybridized carbons (Fsp3) is 0.167. The minimum absolute atomic E-state index is 0.0875. The van der Waals surface area contributed by atoms with Gasteiger partial charge in [-0.15, -0.1) is 0 Å². The Morgan fingerprint density at radius 1 is 0.838 bits per heavy atom. The Balaban J connectivity index is 1.38. The number of hydrogen-bond donors (Lipinski definition) is 0. The molecule has 0 aliphatic carbocycles. The quantitative estimate of drug-likeness (QED) is 0.299. The highest BCUT2D eigenvalue weighted by Crippen LogP contribution is 2.37. The summed E-state index contributed by atoms with van der Waals surface area (Å²) >= 11 is 6.16. The van der Waals surface area contributed by atoms with Gasteiger partial charge in [0, 0.05) is 54.2 Å². The monoisotopic (exact) mass is 507 g/mol. The first-order chi connectivity index (χ1) is 18.1. The third kappa shape index (κ3) is 4.34. The lowest BCUT2D eigenvalue weighted by Crippen LogP contribution is -2.49. The molecular formula is C30H26ClN5O. The number of aromatic nitrogens is 3. The van der Waals surface area contributed by atoms with E-state index < -0.39 is 0 Å². The van der Waals surface area contributed by atoms with E-state index in [2.05, 4.69) is 27.8 Å². The smallest absolute Gasteiger partial charge is 0.254 e. The van der Waals surface area contributed by atoms with Crippen molar-refractivity contribution < 1.29 is 4.79 Å². The highest BCUT2D eigenvalue weighted by Gasteiger charge is 2.27. The molecule has 1 saturated heterocycles. The zero-order valence-electron chi connectivity index (χ0n) is 20.5. The Hall–Kier alpha value is -4.16. The highest BCUT2D eigenvalue weighted by atomic mass is 35.5. The number of piperazine rings is 1. The van der Waals surface area contributed by atoms with Crippen LogP contribution in [0.4, 0.5) is 5.82 Å². The molecule has 0 bridgehead atoms. The van der Waals surface area contributed by atoms with E-state index in [0.717, 1.165) is 44.8 Å². The number of hydrogen-bond acceptors (Lipinski definition) is 4. The number of nitrogens with zero attached hydrogens (tertiary/aromatic N) is 5. The predicted molar refractivity (Wildman–Crippen MR) is 149 cm³/mol. The van der Waals surface area contributed by atoms with E-state index in [1.165, 1.54) is 0 Å². The van der Waals surface area contributed by atoms with Crippen LogP contribution in [-0.4, -0.2) is 51.5 Å². The minimum atomic E-state index is 0.0875. The number of carbonyl (C=O) groups excluding carboxylic acids is 1. The highest BCUT2D eigenvalue weighted by molar-refractivity contribution is 6.30. The van der Waals surface area contributed by atoms with Crippen molar-refractivity contribution in [2.75, 3.05) is 31.1 Å². The lowest BCUT2D eigenvalue weighted by atomic mass is 10.1. The minimum Gasteiger partial charge on any atom is -0.352 e. The molecule has 1 aliphatic heterocycles. The van der Waals surface area contributed by atoms with Gasteiger partial charge in [-0.2, -0.15) is 0 Å². The number of benzene rings is 3. The summed E-state index contributed by atoms with van der Waals surface area (Å²) in [5.41, 5.74) is 5.76. The Morgan fingerprint density at radius 3 is 2.27 bits per heavy atom. The van der Waals surface area contributed by atoms with E-state index in [-0.39, 0.29) is 5.91 Å². The summed E-state index contributed by atoms with van der Waals surface area (Å²) < 4.78 is 2.09. The first-order valence-corrected chi connectivity index (χ1v) is 12.8. The zero-order chi connectivity index (χ0) is 25.4. The molecule has 37 heavy (non-hydrogen) atoms. The van der Waals surface area contributed by atoms with Crippen LogP contribution in [0.15, 0.2) is 91.4 Å². The molecule has 0 unspecified atom stereocenters. The number of halogens is 1. The van der Waals surface area contributed by atoms with Gasteiger partial charge in [0.1, 0.15) is 12.1 Å². The molecular weight excluding hydrogens is 482 g/mol. The lowest BCUT2D eigenvalue weighted by molar-refractivity contribution is 0.0746. The summed E-state index contributed by atoms with van der Waals surface area (Å²) in [7, 11) is 0. The van der Waals surface area contributed by atoms with E-state index >= 15 is 0 Å². The number of fused-ring (bicyclic) bond motifs is 1. The van der Waals surface area contributed by atoms with Crippen LogP contribution in [0.5, 0.6) is 0 Å². The largest absolute Gasteiger partial charge is 0.352 e. The summed E-state index contributed by atoms with van der Waals surface area (Å²) in [4.78, 5) is 26.8. The normalized spacial score (nSPS) is 13.8. The third-order valence-electron chi connectivity index (χ3n) is 6.99. The van der Waals surface area contributed by atoms with Crippen molar-refractivity contribution in [3.8, 4) is 16.8 Å². The van der Waals surface area contributed by atoms with Gasteiger partial charge in [-0.25, -0.2) is 9.97 Å². The molecule has 0 spiro atoms. The molecule has 5 aromatic rings. The molecule has 3 heterocycles. The van der Waals surface area contributed by atoms with Gasteiger partial charge < -0.3 is 14.4 Å². The van der Waals surface area contributed by atoms with Gasteiger partial charge in [0.05, 0.1) is 5.39 Å². The zero-order valence-corrected chi connectivity index (χ0v) is 21.3. The Labute approximate surface area is 220 Å². The van der Waals surface area contributed by atoms with Crippen LogP contribution in [0, 0.1) is 6.92 Å². The van der Waals surface area contributed by atoms with Gasteiger partial charge in [0.15, 0.2) is 5.65 Å². The Bertz CT molecular complexity index is 1570. The summed E-state index contributed by atoms with van der Waals surface area (Å²) in [6, 6.07) is 25.9. The summed E-state index contributed by atoms with van der Waals surface area (Å²) in [5.74, 6) is 0.976. The average molecular weight is 508 g/mol. The molecule has 0 radical (unpaired) electrons. The van der Waals surface area contributed by atoms with Crippen molar-refractivity contribution >= 4 is 34.4 Å². The van der Waals surface area contributed by atoms with Gasteiger partial charge in [0.2, 0.25) is 0 Å². The number of rotatable bonds is 4.